The van der Waals surface area contributed by atoms with E-state index in [2.05, 4.69) is 0 Å². The topological polar surface area (TPSA) is 130 Å². The second-order valence-electron chi connectivity index (χ2n) is 10.9. The van der Waals surface area contributed by atoms with E-state index in [1.165, 1.54) is 18.2 Å². The number of ether oxygens (including phenoxy) is 1. The fourth-order valence-corrected chi connectivity index (χ4v) is 10.1. The smallest absolute Gasteiger partial charge is 0.417 e. The van der Waals surface area contributed by atoms with Gasteiger partial charge in [0.15, 0.2) is 6.04 Å². The first kappa shape index (κ1) is 37.5. The minimum Gasteiger partial charge on any atom is -0.452 e. The summed E-state index contributed by atoms with van der Waals surface area (Å²) in [5, 5.41) is 10.4. The number of benzene rings is 2. The van der Waals surface area contributed by atoms with E-state index in [-0.39, 0.29) is 18.3 Å². The van der Waals surface area contributed by atoms with Crippen molar-refractivity contribution in [1.82, 2.24) is 9.21 Å². The number of carbonyl (C=O) groups is 2. The van der Waals surface area contributed by atoms with E-state index in [0.717, 1.165) is 28.8 Å². The van der Waals surface area contributed by atoms with Crippen LogP contribution in [0.15, 0.2) is 89.1 Å². The molecule has 3 atom stereocenters. The van der Waals surface area contributed by atoms with Gasteiger partial charge in [-0.2, -0.15) is 17.5 Å². The van der Waals surface area contributed by atoms with E-state index in [1.54, 1.807) is 74.5 Å². The van der Waals surface area contributed by atoms with E-state index in [4.69, 9.17) is 22.1 Å². The molecule has 2 aromatic carbocycles. The Morgan fingerprint density at radius 1 is 0.917 bits per heavy atom. The summed E-state index contributed by atoms with van der Waals surface area (Å²) < 4.78 is 78.0. The molecule has 0 aliphatic carbocycles. The fourth-order valence-electron chi connectivity index (χ4n) is 5.42. The normalized spacial score (nSPS) is 14.2. The molecule has 16 heteroatoms. The maximum Gasteiger partial charge on any atom is 0.417 e. The molecule has 2 heterocycles. The van der Waals surface area contributed by atoms with Crippen LogP contribution in [0.3, 0.4) is 0 Å². The molecule has 48 heavy (non-hydrogen) atoms. The predicted molar refractivity (Wildman–Crippen MR) is 178 cm³/mol. The minimum atomic E-state index is -5.22. The summed E-state index contributed by atoms with van der Waals surface area (Å²) in [4.78, 5) is 26.6. The Labute approximate surface area is 289 Å². The monoisotopic (exact) mass is 743 g/mol. The summed E-state index contributed by atoms with van der Waals surface area (Å²) in [6.07, 6.45) is -6.81. The van der Waals surface area contributed by atoms with Gasteiger partial charge < -0.3 is 15.6 Å². The number of halogens is 4. The van der Waals surface area contributed by atoms with Crippen molar-refractivity contribution < 1.29 is 41.0 Å². The number of thiophene rings is 2. The Morgan fingerprint density at radius 3 is 1.90 bits per heavy atom. The van der Waals surface area contributed by atoms with E-state index in [1.807, 2.05) is 0 Å². The summed E-state index contributed by atoms with van der Waals surface area (Å²) >= 11 is 7.26. The molecule has 2 aromatic heterocycles. The van der Waals surface area contributed by atoms with Crippen LogP contribution in [0.1, 0.15) is 52.7 Å². The molecule has 9 nitrogen and oxygen atoms in total. The number of imide groups is 1. The molecule has 4 aromatic rings. The number of hydrogen-bond donors (Lipinski definition) is 2. The molecule has 0 saturated carbocycles. The average molecular weight is 744 g/mol. The van der Waals surface area contributed by atoms with Crippen molar-refractivity contribution in [3.05, 3.63) is 110 Å². The van der Waals surface area contributed by atoms with Gasteiger partial charge in [0, 0.05) is 21.7 Å². The zero-order valence-corrected chi connectivity index (χ0v) is 29.1. The molecule has 258 valence electrons. The number of nitrogens with zero attached hydrogens (tertiary/aromatic N) is 2. The van der Waals surface area contributed by atoms with E-state index < -0.39 is 69.8 Å². The molecule has 0 radical (unpaired) electrons. The Balaban J connectivity index is 1.79. The fraction of sp³-hybridized carbons (Fsp3) is 0.312. The van der Waals surface area contributed by atoms with Crippen LogP contribution in [0, 0.1) is 0 Å². The van der Waals surface area contributed by atoms with Crippen molar-refractivity contribution in [2.45, 2.75) is 54.3 Å². The molecule has 0 saturated heterocycles. The molecule has 0 spiro atoms. The third-order valence-corrected chi connectivity index (χ3v) is 12.5. The quantitative estimate of drug-likeness (QED) is 0.161. The number of sulfonamides is 1. The molecule has 0 aliphatic rings. The third-order valence-electron chi connectivity index (χ3n) is 7.45. The highest BCUT2D eigenvalue weighted by Crippen LogP contribution is 2.44. The lowest BCUT2D eigenvalue weighted by Crippen LogP contribution is -2.53. The molecule has 0 fully saturated rings. The summed E-state index contributed by atoms with van der Waals surface area (Å²) in [5.74, 6) is -2.29. The van der Waals surface area contributed by atoms with Crippen LogP contribution in [0.25, 0.3) is 0 Å². The van der Waals surface area contributed by atoms with E-state index in [0.29, 0.717) is 22.5 Å². The van der Waals surface area contributed by atoms with Crippen molar-refractivity contribution in [2.24, 2.45) is 5.73 Å². The largest absolute Gasteiger partial charge is 0.452 e. The highest BCUT2D eigenvalue weighted by Gasteiger charge is 2.52. The zero-order valence-electron chi connectivity index (χ0n) is 25.9. The number of methoxy groups -OCH3 is 1. The van der Waals surface area contributed by atoms with Gasteiger partial charge in [-0.05, 0) is 49.2 Å². The highest BCUT2D eigenvalue weighted by molar-refractivity contribution is 7.91. The van der Waals surface area contributed by atoms with Crippen LogP contribution >= 0.6 is 34.3 Å². The SMILES string of the molecule is COC(=O)N(C(=O)[C@@H](N)C(c1ccccc1)c1ccccc1)[C@H](c1ccc([C@@H](CO)N(C(C)C)S(=O)(=O)c2ccc(Cl)s2)s1)C(F)(F)F. The lowest BCUT2D eigenvalue weighted by Gasteiger charge is -2.34. The van der Waals surface area contributed by atoms with Gasteiger partial charge >= 0.3 is 12.3 Å². The lowest BCUT2D eigenvalue weighted by molar-refractivity contribution is -0.186. The van der Waals surface area contributed by atoms with Gasteiger partial charge in [0.2, 0.25) is 0 Å². The van der Waals surface area contributed by atoms with Gasteiger partial charge in [-0.15, -0.1) is 22.7 Å². The second kappa shape index (κ2) is 15.5. The van der Waals surface area contributed by atoms with Gasteiger partial charge in [0.25, 0.3) is 15.9 Å². The Bertz CT molecular complexity index is 1760. The van der Waals surface area contributed by atoms with Crippen LogP contribution in [0.4, 0.5) is 18.0 Å². The van der Waals surface area contributed by atoms with Gasteiger partial charge in [-0.25, -0.2) is 18.1 Å². The molecule has 2 amide bonds. The third kappa shape index (κ3) is 7.94. The number of hydrogen-bond acceptors (Lipinski definition) is 9. The predicted octanol–water partition coefficient (Wildman–Crippen LogP) is 6.95. The van der Waals surface area contributed by atoms with Crippen molar-refractivity contribution in [3.63, 3.8) is 0 Å². The first-order valence-electron chi connectivity index (χ1n) is 14.5. The van der Waals surface area contributed by atoms with Crippen molar-refractivity contribution in [2.75, 3.05) is 13.7 Å². The molecule has 0 aliphatic heterocycles. The maximum absolute atomic E-state index is 15.0. The Kier molecular flexibility index (Phi) is 12.1. The molecule has 0 bridgehead atoms. The first-order chi connectivity index (χ1) is 22.6. The number of alkyl halides is 3. The van der Waals surface area contributed by atoms with Crippen LogP contribution in [-0.2, 0) is 19.6 Å². The number of aliphatic hydroxyl groups is 1. The van der Waals surface area contributed by atoms with Gasteiger partial charge in [-0.1, -0.05) is 72.3 Å². The van der Waals surface area contributed by atoms with Crippen molar-refractivity contribution in [3.8, 4) is 0 Å². The second-order valence-corrected chi connectivity index (χ2v) is 15.8. The van der Waals surface area contributed by atoms with Crippen molar-refractivity contribution in [1.29, 1.82) is 0 Å². The number of aliphatic hydroxyl groups excluding tert-OH is 1. The number of amides is 2. The molecular formula is C32H33ClF3N3O6S3. The van der Waals surface area contributed by atoms with E-state index >= 15 is 13.2 Å². The molecule has 4 rings (SSSR count). The summed E-state index contributed by atoms with van der Waals surface area (Å²) in [6.45, 7) is 2.32. The lowest BCUT2D eigenvalue weighted by atomic mass is 9.84. The van der Waals surface area contributed by atoms with Gasteiger partial charge in [-0.3, -0.25) is 4.79 Å². The van der Waals surface area contributed by atoms with Gasteiger partial charge in [0.1, 0.15) is 4.21 Å². The van der Waals surface area contributed by atoms with E-state index in [9.17, 15) is 23.1 Å². The summed E-state index contributed by atoms with van der Waals surface area (Å²) in [7, 11) is -3.42. The minimum absolute atomic E-state index is 0.0367. The number of carbonyl (C=O) groups excluding carboxylic acids is 2. The summed E-state index contributed by atoms with van der Waals surface area (Å²) in [6, 6.07) is 15.3. The Hall–Kier alpha value is -3.31. The van der Waals surface area contributed by atoms with Crippen LogP contribution in [0.5, 0.6) is 0 Å². The zero-order chi connectivity index (χ0) is 35.4. The maximum atomic E-state index is 15.0. The number of nitrogens with two attached hydrogens (primary N) is 1. The van der Waals surface area contributed by atoms with Crippen LogP contribution in [-0.4, -0.2) is 66.7 Å². The van der Waals surface area contributed by atoms with Crippen molar-refractivity contribution >= 4 is 56.3 Å². The Morgan fingerprint density at radius 2 is 1.46 bits per heavy atom. The molecular weight excluding hydrogens is 711 g/mol. The number of rotatable bonds is 12. The van der Waals surface area contributed by atoms with Crippen LogP contribution in [0.2, 0.25) is 4.34 Å². The average Bonchev–Trinajstić information content (AvgIpc) is 3.71. The standard InChI is InChI=1S/C32H33ClF3N3O6S3/c1-19(2)39(48(43,44)26-17-16-25(33)47-26)22(18-40)23-14-15-24(46-23)29(32(34,35)36)38(31(42)45-3)30(41)28(37)27(20-10-6-4-7-11-20)21-12-8-5-9-13-21/h4-17,19,22,27-29,40H,18,37H2,1-3H3/t22-,28+,29-/m1/s1. The first-order valence-corrected chi connectivity index (χ1v) is 17.9. The molecule has 0 unspecified atom stereocenters. The van der Waals surface area contributed by atoms with Gasteiger partial charge in [0.05, 0.1) is 30.1 Å². The summed E-state index contributed by atoms with van der Waals surface area (Å²) in [5.41, 5.74) is 7.52. The van der Waals surface area contributed by atoms with Crippen LogP contribution < -0.4 is 5.73 Å². The molecule has 3 N–H and O–H groups in total. The highest BCUT2D eigenvalue weighted by atomic mass is 35.5.